The quantitative estimate of drug-likeness (QED) is 0.853. The normalized spacial score (nSPS) is 32.5. The highest BCUT2D eigenvalue weighted by Crippen LogP contribution is 2.39. The van der Waals surface area contributed by atoms with Crippen LogP contribution in [0.25, 0.3) is 0 Å². The standard InChI is InChI=1S/C15H20F2O/c1-10-6-7-15(18,11(2)8-10)9-12-4-3-5-13(16)14(12)17/h3-5,10-11,18H,6-9H2,1-2H3. The van der Waals surface area contributed by atoms with Crippen molar-refractivity contribution in [1.82, 2.24) is 0 Å². The van der Waals surface area contributed by atoms with E-state index in [9.17, 15) is 13.9 Å². The molecule has 1 nitrogen and oxygen atoms in total. The van der Waals surface area contributed by atoms with Crippen LogP contribution in [0.4, 0.5) is 8.78 Å². The molecule has 0 spiro atoms. The summed E-state index contributed by atoms with van der Waals surface area (Å²) in [6, 6.07) is 4.16. The molecular weight excluding hydrogens is 234 g/mol. The third-order valence-corrected chi connectivity index (χ3v) is 4.27. The Morgan fingerprint density at radius 2 is 2.06 bits per heavy atom. The first-order valence-electron chi connectivity index (χ1n) is 6.57. The second-order valence-electron chi connectivity index (χ2n) is 5.77. The highest BCUT2D eigenvalue weighted by Gasteiger charge is 2.38. The molecule has 1 aliphatic rings. The van der Waals surface area contributed by atoms with Crippen LogP contribution in [0, 0.1) is 23.5 Å². The average Bonchev–Trinajstić information content (AvgIpc) is 2.31. The molecule has 0 saturated heterocycles. The molecule has 0 heterocycles. The van der Waals surface area contributed by atoms with Crippen LogP contribution in [0.15, 0.2) is 18.2 Å². The number of hydrogen-bond donors (Lipinski definition) is 1. The van der Waals surface area contributed by atoms with Crippen LogP contribution < -0.4 is 0 Å². The maximum Gasteiger partial charge on any atom is 0.162 e. The van der Waals surface area contributed by atoms with Gasteiger partial charge in [-0.05, 0) is 42.7 Å². The second kappa shape index (κ2) is 4.96. The molecule has 0 aromatic heterocycles. The van der Waals surface area contributed by atoms with Gasteiger partial charge in [0, 0.05) is 6.42 Å². The van der Waals surface area contributed by atoms with Crippen LogP contribution in [0.5, 0.6) is 0 Å². The molecular formula is C15H20F2O. The van der Waals surface area contributed by atoms with E-state index in [1.807, 2.05) is 6.92 Å². The summed E-state index contributed by atoms with van der Waals surface area (Å²) in [6.07, 6.45) is 2.74. The maximum atomic E-state index is 13.6. The number of hydrogen-bond acceptors (Lipinski definition) is 1. The van der Waals surface area contributed by atoms with E-state index in [4.69, 9.17) is 0 Å². The zero-order valence-corrected chi connectivity index (χ0v) is 10.9. The Morgan fingerprint density at radius 1 is 1.33 bits per heavy atom. The lowest BCUT2D eigenvalue weighted by molar-refractivity contribution is -0.0528. The van der Waals surface area contributed by atoms with Crippen LogP contribution in [-0.2, 0) is 6.42 Å². The molecule has 2 rings (SSSR count). The van der Waals surface area contributed by atoms with E-state index in [0.29, 0.717) is 12.3 Å². The van der Waals surface area contributed by atoms with Gasteiger partial charge in [0.25, 0.3) is 0 Å². The first-order valence-corrected chi connectivity index (χ1v) is 6.57. The van der Waals surface area contributed by atoms with Crippen molar-refractivity contribution < 1.29 is 13.9 Å². The molecule has 1 fully saturated rings. The van der Waals surface area contributed by atoms with Gasteiger partial charge in [-0.15, -0.1) is 0 Å². The van der Waals surface area contributed by atoms with Gasteiger partial charge in [0.05, 0.1) is 5.60 Å². The van der Waals surface area contributed by atoms with E-state index in [-0.39, 0.29) is 17.9 Å². The van der Waals surface area contributed by atoms with Gasteiger partial charge in [0.1, 0.15) is 0 Å². The zero-order valence-electron chi connectivity index (χ0n) is 10.9. The van der Waals surface area contributed by atoms with Gasteiger partial charge >= 0.3 is 0 Å². The molecule has 100 valence electrons. The molecule has 1 saturated carbocycles. The van der Waals surface area contributed by atoms with E-state index < -0.39 is 17.2 Å². The first-order chi connectivity index (χ1) is 8.42. The van der Waals surface area contributed by atoms with Gasteiger partial charge in [0.2, 0.25) is 0 Å². The largest absolute Gasteiger partial charge is 0.389 e. The lowest BCUT2D eigenvalue weighted by Crippen LogP contribution is -2.43. The van der Waals surface area contributed by atoms with Crippen molar-refractivity contribution in [2.24, 2.45) is 11.8 Å². The van der Waals surface area contributed by atoms with Crippen LogP contribution in [-0.4, -0.2) is 10.7 Å². The van der Waals surface area contributed by atoms with Crippen molar-refractivity contribution in [2.45, 2.75) is 45.1 Å². The third-order valence-electron chi connectivity index (χ3n) is 4.27. The van der Waals surface area contributed by atoms with Crippen molar-refractivity contribution in [2.75, 3.05) is 0 Å². The molecule has 1 aromatic carbocycles. The predicted molar refractivity (Wildman–Crippen MR) is 67.2 cm³/mol. The lowest BCUT2D eigenvalue weighted by atomic mass is 9.70. The minimum absolute atomic E-state index is 0.115. The van der Waals surface area contributed by atoms with Crippen LogP contribution in [0.2, 0.25) is 0 Å². The Morgan fingerprint density at radius 3 is 2.72 bits per heavy atom. The van der Waals surface area contributed by atoms with Gasteiger partial charge in [-0.1, -0.05) is 26.0 Å². The topological polar surface area (TPSA) is 20.2 Å². The van der Waals surface area contributed by atoms with Gasteiger partial charge < -0.3 is 5.11 Å². The fourth-order valence-electron chi connectivity index (χ4n) is 2.96. The van der Waals surface area contributed by atoms with Crippen LogP contribution in [0.1, 0.15) is 38.7 Å². The predicted octanol–water partition coefficient (Wildman–Crippen LogP) is 3.69. The summed E-state index contributed by atoms with van der Waals surface area (Å²) in [5.41, 5.74) is -0.625. The van der Waals surface area contributed by atoms with Gasteiger partial charge in [-0.25, -0.2) is 8.78 Å². The molecule has 0 radical (unpaired) electrons. The van der Waals surface area contributed by atoms with Crippen molar-refractivity contribution in [3.8, 4) is 0 Å². The number of rotatable bonds is 2. The van der Waals surface area contributed by atoms with E-state index in [2.05, 4.69) is 6.92 Å². The summed E-state index contributed by atoms with van der Waals surface area (Å²) in [7, 11) is 0. The molecule has 3 unspecified atom stereocenters. The third kappa shape index (κ3) is 2.56. The molecule has 18 heavy (non-hydrogen) atoms. The Bertz CT molecular complexity index is 433. The summed E-state index contributed by atoms with van der Waals surface area (Å²) in [5.74, 6) is -0.953. The van der Waals surface area contributed by atoms with Gasteiger partial charge in [-0.3, -0.25) is 0 Å². The Kier molecular flexibility index (Phi) is 3.71. The number of halogens is 2. The van der Waals surface area contributed by atoms with Crippen molar-refractivity contribution in [3.05, 3.63) is 35.4 Å². The molecule has 3 heteroatoms. The summed E-state index contributed by atoms with van der Waals surface area (Å²) < 4.78 is 26.8. The summed E-state index contributed by atoms with van der Waals surface area (Å²) >= 11 is 0. The van der Waals surface area contributed by atoms with Crippen molar-refractivity contribution in [1.29, 1.82) is 0 Å². The minimum Gasteiger partial charge on any atom is -0.389 e. The van der Waals surface area contributed by atoms with E-state index in [1.54, 1.807) is 6.07 Å². The van der Waals surface area contributed by atoms with E-state index in [0.717, 1.165) is 18.9 Å². The Labute approximate surface area is 107 Å². The summed E-state index contributed by atoms with van der Waals surface area (Å²) in [5, 5.41) is 10.6. The minimum atomic E-state index is -0.902. The number of benzene rings is 1. The highest BCUT2D eigenvalue weighted by atomic mass is 19.2. The van der Waals surface area contributed by atoms with Crippen molar-refractivity contribution in [3.63, 3.8) is 0 Å². The SMILES string of the molecule is CC1CCC(O)(Cc2cccc(F)c2F)C(C)C1. The lowest BCUT2D eigenvalue weighted by Gasteiger charge is -2.41. The zero-order chi connectivity index (χ0) is 13.3. The second-order valence-corrected chi connectivity index (χ2v) is 5.77. The maximum absolute atomic E-state index is 13.6. The fourth-order valence-corrected chi connectivity index (χ4v) is 2.96. The van der Waals surface area contributed by atoms with Gasteiger partial charge in [0.15, 0.2) is 11.6 Å². The molecule has 1 N–H and O–H groups in total. The highest BCUT2D eigenvalue weighted by molar-refractivity contribution is 5.21. The van der Waals surface area contributed by atoms with E-state index in [1.165, 1.54) is 6.07 Å². The Hall–Kier alpha value is -0.960. The van der Waals surface area contributed by atoms with E-state index >= 15 is 0 Å². The molecule has 0 bridgehead atoms. The summed E-state index contributed by atoms with van der Waals surface area (Å²) in [4.78, 5) is 0. The van der Waals surface area contributed by atoms with Gasteiger partial charge in [-0.2, -0.15) is 0 Å². The molecule has 1 aromatic rings. The number of aliphatic hydroxyl groups is 1. The fraction of sp³-hybridized carbons (Fsp3) is 0.600. The molecule has 3 atom stereocenters. The smallest absolute Gasteiger partial charge is 0.162 e. The monoisotopic (exact) mass is 254 g/mol. The molecule has 1 aliphatic carbocycles. The summed E-state index contributed by atoms with van der Waals surface area (Å²) in [6.45, 7) is 4.16. The first kappa shape index (κ1) is 13.5. The molecule has 0 aliphatic heterocycles. The van der Waals surface area contributed by atoms with Crippen molar-refractivity contribution >= 4 is 0 Å². The van der Waals surface area contributed by atoms with Crippen LogP contribution >= 0.6 is 0 Å². The average molecular weight is 254 g/mol. The molecule has 0 amide bonds. The Balaban J connectivity index is 2.20. The van der Waals surface area contributed by atoms with Crippen LogP contribution in [0.3, 0.4) is 0 Å².